The van der Waals surface area contributed by atoms with E-state index < -0.39 is 0 Å². The monoisotopic (exact) mass is 260 g/mol. The van der Waals surface area contributed by atoms with Gasteiger partial charge < -0.3 is 0 Å². The molecule has 0 aliphatic carbocycles. The van der Waals surface area contributed by atoms with Crippen LogP contribution in [0.25, 0.3) is 27.6 Å². The molecule has 0 radical (unpaired) electrons. The van der Waals surface area contributed by atoms with Gasteiger partial charge in [0.25, 0.3) is 0 Å². The molecule has 4 aromatic rings. The Kier molecular flexibility index (Phi) is 2.29. The van der Waals surface area contributed by atoms with Gasteiger partial charge in [-0.3, -0.25) is 4.98 Å². The highest BCUT2D eigenvalue weighted by Gasteiger charge is 2.12. The predicted molar refractivity (Wildman–Crippen MR) is 78.9 cm³/mol. The lowest BCUT2D eigenvalue weighted by Crippen LogP contribution is -1.99. The summed E-state index contributed by atoms with van der Waals surface area (Å²) in [5.74, 6) is 0. The van der Waals surface area contributed by atoms with Crippen LogP contribution in [0.15, 0.2) is 54.7 Å². The molecule has 0 saturated heterocycles. The van der Waals surface area contributed by atoms with E-state index in [4.69, 9.17) is 0 Å². The molecule has 20 heavy (non-hydrogen) atoms. The molecule has 0 aliphatic rings. The van der Waals surface area contributed by atoms with Gasteiger partial charge >= 0.3 is 0 Å². The van der Waals surface area contributed by atoms with Crippen LogP contribution in [-0.2, 0) is 0 Å². The van der Waals surface area contributed by atoms with E-state index in [0.29, 0.717) is 0 Å². The summed E-state index contributed by atoms with van der Waals surface area (Å²) in [6, 6.07) is 16.2. The van der Waals surface area contributed by atoms with Gasteiger partial charge in [0.05, 0.1) is 17.4 Å². The molecule has 96 valence electrons. The Morgan fingerprint density at radius 1 is 0.900 bits per heavy atom. The SMILES string of the molecule is Cc1ccccc1-n1nnc2cnc3ccccc3c21. The van der Waals surface area contributed by atoms with Crippen LogP contribution in [0.1, 0.15) is 5.56 Å². The average Bonchev–Trinajstić information content (AvgIpc) is 2.92. The Labute approximate surface area is 115 Å². The first kappa shape index (κ1) is 11.1. The number of hydrogen-bond donors (Lipinski definition) is 0. The van der Waals surface area contributed by atoms with E-state index in [2.05, 4.69) is 40.4 Å². The van der Waals surface area contributed by atoms with Crippen molar-refractivity contribution in [3.63, 3.8) is 0 Å². The van der Waals surface area contributed by atoms with Gasteiger partial charge in [0.15, 0.2) is 0 Å². The number of rotatable bonds is 1. The van der Waals surface area contributed by atoms with E-state index in [1.165, 1.54) is 5.56 Å². The van der Waals surface area contributed by atoms with E-state index >= 15 is 0 Å². The van der Waals surface area contributed by atoms with E-state index in [-0.39, 0.29) is 0 Å². The van der Waals surface area contributed by atoms with Crippen molar-refractivity contribution >= 4 is 21.9 Å². The Bertz CT molecular complexity index is 924. The third-order valence-corrected chi connectivity index (χ3v) is 3.53. The smallest absolute Gasteiger partial charge is 0.132 e. The molecule has 2 aromatic heterocycles. The Morgan fingerprint density at radius 3 is 2.60 bits per heavy atom. The van der Waals surface area contributed by atoms with Crippen molar-refractivity contribution in [2.75, 3.05) is 0 Å². The Hall–Kier alpha value is -2.75. The highest BCUT2D eigenvalue weighted by molar-refractivity contribution is 6.02. The third kappa shape index (κ3) is 1.51. The lowest BCUT2D eigenvalue weighted by atomic mass is 10.1. The van der Waals surface area contributed by atoms with Crippen LogP contribution in [0, 0.1) is 6.92 Å². The Morgan fingerprint density at radius 2 is 1.70 bits per heavy atom. The first-order valence-corrected chi connectivity index (χ1v) is 6.50. The topological polar surface area (TPSA) is 43.6 Å². The van der Waals surface area contributed by atoms with Gasteiger partial charge in [-0.1, -0.05) is 41.6 Å². The quantitative estimate of drug-likeness (QED) is 0.527. The fourth-order valence-electron chi connectivity index (χ4n) is 2.52. The largest absolute Gasteiger partial charge is 0.254 e. The summed E-state index contributed by atoms with van der Waals surface area (Å²) in [6.07, 6.45) is 1.78. The zero-order chi connectivity index (χ0) is 13.5. The predicted octanol–water partition coefficient (Wildman–Crippen LogP) is 3.28. The second-order valence-corrected chi connectivity index (χ2v) is 4.80. The fourth-order valence-corrected chi connectivity index (χ4v) is 2.52. The van der Waals surface area contributed by atoms with Gasteiger partial charge in [-0.15, -0.1) is 5.10 Å². The molecule has 2 heterocycles. The molecular formula is C16H12N4. The summed E-state index contributed by atoms with van der Waals surface area (Å²) in [7, 11) is 0. The second-order valence-electron chi connectivity index (χ2n) is 4.80. The van der Waals surface area contributed by atoms with Crippen molar-refractivity contribution in [3.8, 4) is 5.69 Å². The van der Waals surface area contributed by atoms with E-state index in [1.54, 1.807) is 6.20 Å². The molecule has 0 spiro atoms. The number of pyridine rings is 1. The summed E-state index contributed by atoms with van der Waals surface area (Å²) >= 11 is 0. The summed E-state index contributed by atoms with van der Waals surface area (Å²) in [4.78, 5) is 4.42. The summed E-state index contributed by atoms with van der Waals surface area (Å²) in [5, 5.41) is 9.61. The normalized spacial score (nSPS) is 11.2. The Balaban J connectivity index is 2.16. The first-order chi connectivity index (χ1) is 9.84. The molecule has 2 aromatic carbocycles. The van der Waals surface area contributed by atoms with Crippen LogP contribution in [0.5, 0.6) is 0 Å². The number of aryl methyl sites for hydroxylation is 1. The molecule has 4 heteroatoms. The van der Waals surface area contributed by atoms with Crippen molar-refractivity contribution in [1.29, 1.82) is 0 Å². The van der Waals surface area contributed by atoms with Crippen LogP contribution >= 0.6 is 0 Å². The second kappa shape index (κ2) is 4.13. The highest BCUT2D eigenvalue weighted by atomic mass is 15.4. The van der Waals surface area contributed by atoms with Crippen LogP contribution < -0.4 is 0 Å². The molecule has 4 nitrogen and oxygen atoms in total. The zero-order valence-electron chi connectivity index (χ0n) is 11.0. The third-order valence-electron chi connectivity index (χ3n) is 3.53. The summed E-state index contributed by atoms with van der Waals surface area (Å²) in [6.45, 7) is 2.08. The number of benzene rings is 2. The number of aromatic nitrogens is 4. The molecule has 0 fully saturated rings. The van der Waals surface area contributed by atoms with Crippen LogP contribution in [0.4, 0.5) is 0 Å². The summed E-state index contributed by atoms with van der Waals surface area (Å²) in [5.41, 5.74) is 4.99. The lowest BCUT2D eigenvalue weighted by molar-refractivity contribution is 0.820. The standard InChI is InChI=1S/C16H12N4/c1-11-6-2-5-9-15(11)20-16-12-7-3-4-8-13(12)17-10-14(16)18-19-20/h2-10H,1H3. The molecule has 0 aliphatic heterocycles. The summed E-state index contributed by atoms with van der Waals surface area (Å²) < 4.78 is 1.90. The molecule has 0 bridgehead atoms. The van der Waals surface area contributed by atoms with Gasteiger partial charge in [-0.2, -0.15) is 0 Å². The number of fused-ring (bicyclic) bond motifs is 3. The zero-order valence-corrected chi connectivity index (χ0v) is 11.0. The number of hydrogen-bond acceptors (Lipinski definition) is 3. The highest BCUT2D eigenvalue weighted by Crippen LogP contribution is 2.25. The molecule has 0 unspecified atom stereocenters. The van der Waals surface area contributed by atoms with Gasteiger partial charge in [0, 0.05) is 5.39 Å². The van der Waals surface area contributed by atoms with E-state index in [9.17, 15) is 0 Å². The lowest BCUT2D eigenvalue weighted by Gasteiger charge is -2.07. The van der Waals surface area contributed by atoms with Crippen molar-refractivity contribution < 1.29 is 0 Å². The first-order valence-electron chi connectivity index (χ1n) is 6.50. The van der Waals surface area contributed by atoms with Crippen LogP contribution in [0.2, 0.25) is 0 Å². The molecule has 0 saturated carbocycles. The van der Waals surface area contributed by atoms with E-state index in [0.717, 1.165) is 27.6 Å². The van der Waals surface area contributed by atoms with Crippen molar-refractivity contribution in [3.05, 3.63) is 60.3 Å². The van der Waals surface area contributed by atoms with Gasteiger partial charge in [0.1, 0.15) is 11.0 Å². The van der Waals surface area contributed by atoms with Gasteiger partial charge in [-0.25, -0.2) is 4.68 Å². The molecule has 0 atom stereocenters. The van der Waals surface area contributed by atoms with E-state index in [1.807, 2.05) is 35.0 Å². The maximum absolute atomic E-state index is 4.42. The van der Waals surface area contributed by atoms with Gasteiger partial charge in [0.2, 0.25) is 0 Å². The fraction of sp³-hybridized carbons (Fsp3) is 0.0625. The molecule has 4 rings (SSSR count). The van der Waals surface area contributed by atoms with Crippen LogP contribution in [-0.4, -0.2) is 20.0 Å². The average molecular weight is 260 g/mol. The van der Waals surface area contributed by atoms with Gasteiger partial charge in [-0.05, 0) is 24.6 Å². The minimum absolute atomic E-state index is 0.812. The molecule has 0 amide bonds. The van der Waals surface area contributed by atoms with Crippen molar-refractivity contribution in [1.82, 2.24) is 20.0 Å². The molecular weight excluding hydrogens is 248 g/mol. The van der Waals surface area contributed by atoms with Crippen molar-refractivity contribution in [2.24, 2.45) is 0 Å². The number of para-hydroxylation sites is 2. The minimum atomic E-state index is 0.812. The molecule has 0 N–H and O–H groups in total. The van der Waals surface area contributed by atoms with Crippen molar-refractivity contribution in [2.45, 2.75) is 6.92 Å². The van der Waals surface area contributed by atoms with Crippen LogP contribution in [0.3, 0.4) is 0 Å². The minimum Gasteiger partial charge on any atom is -0.254 e. The number of nitrogens with zero attached hydrogens (tertiary/aromatic N) is 4. The maximum Gasteiger partial charge on any atom is 0.132 e. The maximum atomic E-state index is 4.42.